The van der Waals surface area contributed by atoms with Crippen LogP contribution in [0.4, 0.5) is 5.69 Å². The maximum atomic E-state index is 13.3. The number of nitrogens with one attached hydrogen (secondary N) is 1. The van der Waals surface area contributed by atoms with Crippen LogP contribution < -0.4 is 10.7 Å². The molecule has 168 valence electrons. The molecule has 0 bridgehead atoms. The average molecular weight is 450 g/mol. The lowest BCUT2D eigenvalue weighted by molar-refractivity contribution is 0.187. The van der Waals surface area contributed by atoms with Crippen LogP contribution in [0.2, 0.25) is 0 Å². The van der Waals surface area contributed by atoms with Crippen molar-refractivity contribution in [3.63, 3.8) is 0 Å². The molecule has 0 spiro atoms. The lowest BCUT2D eigenvalue weighted by Crippen LogP contribution is -2.49. The van der Waals surface area contributed by atoms with Crippen molar-refractivity contribution < 1.29 is 0 Å². The summed E-state index contributed by atoms with van der Waals surface area (Å²) in [6, 6.07) is 12.0. The number of guanidine groups is 1. The molecule has 0 radical (unpaired) electrons. The quantitative estimate of drug-likeness (QED) is 0.360. The first kappa shape index (κ1) is 22.4. The van der Waals surface area contributed by atoms with Crippen LogP contribution in [0.1, 0.15) is 18.9 Å². The summed E-state index contributed by atoms with van der Waals surface area (Å²) in [5, 5.41) is 5.16. The molecule has 6 nitrogen and oxygen atoms in total. The highest BCUT2D eigenvalue weighted by Crippen LogP contribution is 2.31. The van der Waals surface area contributed by atoms with E-state index >= 15 is 0 Å². The van der Waals surface area contributed by atoms with Crippen LogP contribution >= 0.6 is 11.3 Å². The molecule has 2 heterocycles. The van der Waals surface area contributed by atoms with E-state index in [0.29, 0.717) is 0 Å². The number of hydrogen-bond donors (Lipinski definition) is 1. The Hall–Kier alpha value is -2.77. The van der Waals surface area contributed by atoms with E-state index in [0.717, 1.165) is 83.1 Å². The van der Waals surface area contributed by atoms with Crippen LogP contribution in [0, 0.1) is 6.92 Å². The second-order valence-corrected chi connectivity index (χ2v) is 9.11. The Morgan fingerprint density at radius 1 is 1.16 bits per heavy atom. The van der Waals surface area contributed by atoms with Crippen molar-refractivity contribution in [1.82, 2.24) is 9.80 Å². The molecule has 0 atom stereocenters. The van der Waals surface area contributed by atoms with Gasteiger partial charge < -0.3 is 10.2 Å². The maximum Gasteiger partial charge on any atom is 0.220 e. The predicted molar refractivity (Wildman–Crippen MR) is 139 cm³/mol. The molecule has 4 rings (SSSR count). The van der Waals surface area contributed by atoms with Crippen molar-refractivity contribution in [3.8, 4) is 0 Å². The van der Waals surface area contributed by atoms with E-state index in [4.69, 9.17) is 0 Å². The van der Waals surface area contributed by atoms with Gasteiger partial charge in [-0.25, -0.2) is 4.99 Å². The summed E-state index contributed by atoms with van der Waals surface area (Å²) in [7, 11) is 1.80. The summed E-state index contributed by atoms with van der Waals surface area (Å²) in [4.78, 5) is 26.8. The molecule has 0 amide bonds. The third kappa shape index (κ3) is 4.69. The summed E-state index contributed by atoms with van der Waals surface area (Å²) in [6.45, 7) is 9.72. The highest BCUT2D eigenvalue weighted by atomic mass is 32.1. The zero-order valence-corrected chi connectivity index (χ0v) is 19.9. The van der Waals surface area contributed by atoms with Gasteiger partial charge in [0.05, 0.1) is 5.39 Å². The minimum Gasteiger partial charge on any atom is -0.383 e. The zero-order valence-electron chi connectivity index (χ0n) is 19.1. The molecule has 3 aromatic rings. The third-order valence-electron chi connectivity index (χ3n) is 5.91. The summed E-state index contributed by atoms with van der Waals surface area (Å²) in [5.74, 6) is 0.826. The second kappa shape index (κ2) is 10.2. The number of rotatable bonds is 5. The first-order chi connectivity index (χ1) is 15.6. The number of anilines is 1. The van der Waals surface area contributed by atoms with Crippen LogP contribution in [-0.2, 0) is 0 Å². The lowest BCUT2D eigenvalue weighted by atomic mass is 10.1. The van der Waals surface area contributed by atoms with E-state index in [2.05, 4.69) is 45.0 Å². The molecule has 1 fully saturated rings. The Morgan fingerprint density at radius 2 is 1.94 bits per heavy atom. The van der Waals surface area contributed by atoms with Gasteiger partial charge in [0, 0.05) is 73.0 Å². The largest absolute Gasteiger partial charge is 0.383 e. The first-order valence-corrected chi connectivity index (χ1v) is 12.1. The Balaban J connectivity index is 1.43. The fraction of sp³-hybridized carbons (Fsp3) is 0.400. The van der Waals surface area contributed by atoms with E-state index in [-0.39, 0.29) is 5.43 Å². The summed E-state index contributed by atoms with van der Waals surface area (Å²) >= 11 is 1.70. The molecule has 1 aliphatic rings. The number of hydrogen-bond acceptors (Lipinski definition) is 5. The van der Waals surface area contributed by atoms with Gasteiger partial charge in [-0.05, 0) is 37.1 Å². The molecule has 2 aromatic carbocycles. The van der Waals surface area contributed by atoms with Crippen molar-refractivity contribution in [2.24, 2.45) is 9.98 Å². The SMILES string of the molecule is CC/C=N\C(=NC)N1CCN(CCNc2ccc(C)c3sc4ccccc4c(=O)c23)CC1. The number of aliphatic imine (C=N–C) groups is 2. The maximum absolute atomic E-state index is 13.3. The number of benzene rings is 2. The first-order valence-electron chi connectivity index (χ1n) is 11.3. The molecule has 1 aliphatic heterocycles. The number of nitrogens with zero attached hydrogens (tertiary/aromatic N) is 4. The van der Waals surface area contributed by atoms with Crippen molar-refractivity contribution in [2.45, 2.75) is 20.3 Å². The summed E-state index contributed by atoms with van der Waals surface area (Å²) in [6.07, 6.45) is 2.83. The summed E-state index contributed by atoms with van der Waals surface area (Å²) < 4.78 is 2.12. The number of piperazine rings is 1. The van der Waals surface area contributed by atoms with Gasteiger partial charge in [0.15, 0.2) is 5.43 Å². The van der Waals surface area contributed by atoms with E-state index < -0.39 is 0 Å². The Kier molecular flexibility index (Phi) is 7.17. The molecule has 0 aliphatic carbocycles. The van der Waals surface area contributed by atoms with Crippen molar-refractivity contribution >= 4 is 49.4 Å². The Labute approximate surface area is 193 Å². The molecule has 1 aromatic heterocycles. The van der Waals surface area contributed by atoms with Gasteiger partial charge in [0.1, 0.15) is 0 Å². The van der Waals surface area contributed by atoms with E-state index in [1.165, 1.54) is 0 Å². The van der Waals surface area contributed by atoms with Crippen LogP contribution in [0.5, 0.6) is 0 Å². The highest BCUT2D eigenvalue weighted by Gasteiger charge is 2.19. The van der Waals surface area contributed by atoms with Gasteiger partial charge in [0.25, 0.3) is 0 Å². The molecule has 0 unspecified atom stereocenters. The van der Waals surface area contributed by atoms with Gasteiger partial charge in [-0.1, -0.05) is 25.1 Å². The van der Waals surface area contributed by atoms with Gasteiger partial charge in [-0.3, -0.25) is 14.7 Å². The monoisotopic (exact) mass is 449 g/mol. The fourth-order valence-corrected chi connectivity index (χ4v) is 5.32. The van der Waals surface area contributed by atoms with Crippen molar-refractivity contribution in [1.29, 1.82) is 0 Å². The molecular weight excluding hydrogens is 418 g/mol. The lowest BCUT2D eigenvalue weighted by Gasteiger charge is -2.35. The van der Waals surface area contributed by atoms with Crippen LogP contribution in [0.15, 0.2) is 51.2 Å². The minimum atomic E-state index is 0.119. The molecule has 7 heteroatoms. The standard InChI is InChI=1S/C25H31N5OS/c1-4-11-28-25(26-3)30-16-14-29(15-17-30)13-12-27-20-10-9-18(2)24-22(20)23(31)19-7-5-6-8-21(19)32-24/h5-11,27H,4,12-17H2,1-3H3/b26-25?,28-11-. The third-order valence-corrected chi connectivity index (χ3v) is 7.22. The normalized spacial score (nSPS) is 15.8. The van der Waals surface area contributed by atoms with E-state index in [1.54, 1.807) is 18.4 Å². The minimum absolute atomic E-state index is 0.119. The molecular formula is C25H31N5OS. The smallest absolute Gasteiger partial charge is 0.220 e. The Morgan fingerprint density at radius 3 is 2.69 bits per heavy atom. The second-order valence-electron chi connectivity index (χ2n) is 8.06. The van der Waals surface area contributed by atoms with Gasteiger partial charge in [0.2, 0.25) is 5.96 Å². The van der Waals surface area contributed by atoms with Gasteiger partial charge >= 0.3 is 0 Å². The van der Waals surface area contributed by atoms with Crippen LogP contribution in [-0.4, -0.2) is 68.3 Å². The predicted octanol–water partition coefficient (Wildman–Crippen LogP) is 4.22. The zero-order chi connectivity index (χ0) is 22.5. The summed E-state index contributed by atoms with van der Waals surface area (Å²) in [5.41, 5.74) is 2.20. The van der Waals surface area contributed by atoms with Crippen molar-refractivity contribution in [3.05, 3.63) is 52.2 Å². The number of aryl methyl sites for hydroxylation is 1. The van der Waals surface area contributed by atoms with E-state index in [1.807, 2.05) is 36.5 Å². The molecule has 1 N–H and O–H groups in total. The molecule has 1 saturated heterocycles. The van der Waals surface area contributed by atoms with E-state index in [9.17, 15) is 4.79 Å². The highest BCUT2D eigenvalue weighted by molar-refractivity contribution is 7.24. The van der Waals surface area contributed by atoms with Crippen LogP contribution in [0.3, 0.4) is 0 Å². The molecule has 0 saturated carbocycles. The fourth-order valence-electron chi connectivity index (χ4n) is 4.15. The Bertz CT molecular complexity index is 1210. The van der Waals surface area contributed by atoms with Gasteiger partial charge in [-0.2, -0.15) is 0 Å². The topological polar surface area (TPSA) is 60.3 Å². The van der Waals surface area contributed by atoms with Crippen molar-refractivity contribution in [2.75, 3.05) is 51.6 Å². The van der Waals surface area contributed by atoms with Gasteiger partial charge in [-0.15, -0.1) is 11.3 Å². The molecule has 32 heavy (non-hydrogen) atoms. The number of fused-ring (bicyclic) bond motifs is 2. The average Bonchev–Trinajstić information content (AvgIpc) is 2.82. The van der Waals surface area contributed by atoms with Crippen LogP contribution in [0.25, 0.3) is 20.2 Å².